The van der Waals surface area contributed by atoms with E-state index in [0.29, 0.717) is 28.4 Å². The SMILES string of the molecule is COc1cc(CNC(=O)COC(=O)c2ccc(C)c([N+](=O)[O-])c2)cc(OC)c1OC. The number of nitrogens with one attached hydrogen (secondary N) is 1. The van der Waals surface area contributed by atoms with Crippen LogP contribution in [0.4, 0.5) is 5.69 Å². The summed E-state index contributed by atoms with van der Waals surface area (Å²) in [6.45, 7) is 1.15. The molecule has 2 aromatic carbocycles. The fraction of sp³-hybridized carbons (Fsp3) is 0.300. The third kappa shape index (κ3) is 5.37. The number of nitrogens with zero attached hydrogens (tertiary/aromatic N) is 1. The van der Waals surface area contributed by atoms with Gasteiger partial charge in [0, 0.05) is 18.2 Å². The van der Waals surface area contributed by atoms with Crippen molar-refractivity contribution in [3.8, 4) is 17.2 Å². The van der Waals surface area contributed by atoms with Crippen LogP contribution in [0.1, 0.15) is 21.5 Å². The molecule has 10 heteroatoms. The molecule has 0 saturated carbocycles. The van der Waals surface area contributed by atoms with Crippen LogP contribution in [0.25, 0.3) is 0 Å². The average Bonchev–Trinajstić information content (AvgIpc) is 2.75. The maximum atomic E-state index is 12.1. The molecule has 0 atom stereocenters. The van der Waals surface area contributed by atoms with Crippen molar-refractivity contribution in [2.24, 2.45) is 0 Å². The molecule has 0 aromatic heterocycles. The Morgan fingerprint density at radius 3 is 2.20 bits per heavy atom. The predicted molar refractivity (Wildman–Crippen MR) is 106 cm³/mol. The van der Waals surface area contributed by atoms with Crippen LogP contribution < -0.4 is 19.5 Å². The van der Waals surface area contributed by atoms with Crippen molar-refractivity contribution in [1.82, 2.24) is 5.32 Å². The van der Waals surface area contributed by atoms with E-state index in [4.69, 9.17) is 18.9 Å². The molecule has 0 radical (unpaired) electrons. The summed E-state index contributed by atoms with van der Waals surface area (Å²) in [5.74, 6) is -0.0714. The molecule has 160 valence electrons. The summed E-state index contributed by atoms with van der Waals surface area (Å²) in [6.07, 6.45) is 0. The van der Waals surface area contributed by atoms with Crippen LogP contribution in [0.3, 0.4) is 0 Å². The number of hydrogen-bond donors (Lipinski definition) is 1. The van der Waals surface area contributed by atoms with Crippen molar-refractivity contribution in [3.63, 3.8) is 0 Å². The number of aryl methyl sites for hydroxylation is 1. The van der Waals surface area contributed by atoms with Crippen LogP contribution >= 0.6 is 0 Å². The van der Waals surface area contributed by atoms with Gasteiger partial charge in [0.05, 0.1) is 31.8 Å². The van der Waals surface area contributed by atoms with Crippen LogP contribution in [0.15, 0.2) is 30.3 Å². The quantitative estimate of drug-likeness (QED) is 0.374. The van der Waals surface area contributed by atoms with Gasteiger partial charge in [-0.3, -0.25) is 14.9 Å². The van der Waals surface area contributed by atoms with E-state index >= 15 is 0 Å². The molecular weight excluding hydrogens is 396 g/mol. The summed E-state index contributed by atoms with van der Waals surface area (Å²) in [7, 11) is 4.45. The van der Waals surface area contributed by atoms with Crippen LogP contribution in [0.2, 0.25) is 0 Å². The molecule has 1 amide bonds. The normalized spacial score (nSPS) is 10.1. The molecule has 0 aliphatic rings. The highest BCUT2D eigenvalue weighted by Gasteiger charge is 2.17. The Morgan fingerprint density at radius 1 is 1.03 bits per heavy atom. The van der Waals surface area contributed by atoms with Gasteiger partial charge >= 0.3 is 5.97 Å². The Balaban J connectivity index is 1.96. The Labute approximate surface area is 172 Å². The largest absolute Gasteiger partial charge is 0.493 e. The second-order valence-corrected chi connectivity index (χ2v) is 6.14. The van der Waals surface area contributed by atoms with Gasteiger partial charge in [-0.2, -0.15) is 0 Å². The minimum absolute atomic E-state index is 0.00951. The van der Waals surface area contributed by atoms with Crippen LogP contribution in [-0.4, -0.2) is 44.7 Å². The molecule has 0 heterocycles. The summed E-state index contributed by atoms with van der Waals surface area (Å²) in [5.41, 5.74) is 0.888. The number of ether oxygens (including phenoxy) is 4. The Kier molecular flexibility index (Phi) is 7.56. The number of benzene rings is 2. The third-order valence-corrected chi connectivity index (χ3v) is 4.19. The number of carbonyl (C=O) groups is 2. The summed E-state index contributed by atoms with van der Waals surface area (Å²) in [5, 5.41) is 13.6. The van der Waals surface area contributed by atoms with Gasteiger partial charge in [0.15, 0.2) is 18.1 Å². The number of methoxy groups -OCH3 is 3. The summed E-state index contributed by atoms with van der Waals surface area (Å²) in [4.78, 5) is 34.5. The van der Waals surface area contributed by atoms with Crippen molar-refractivity contribution in [2.45, 2.75) is 13.5 Å². The Hall–Kier alpha value is -3.82. The van der Waals surface area contributed by atoms with Gasteiger partial charge in [0.2, 0.25) is 5.75 Å². The molecular formula is C20H22N2O8. The minimum atomic E-state index is -0.832. The average molecular weight is 418 g/mol. The van der Waals surface area contributed by atoms with Gasteiger partial charge in [-0.15, -0.1) is 0 Å². The molecule has 0 spiro atoms. The maximum absolute atomic E-state index is 12.1. The number of amides is 1. The van der Waals surface area contributed by atoms with E-state index < -0.39 is 23.4 Å². The van der Waals surface area contributed by atoms with Gasteiger partial charge in [0.1, 0.15) is 0 Å². The highest BCUT2D eigenvalue weighted by atomic mass is 16.6. The van der Waals surface area contributed by atoms with Crippen molar-refractivity contribution in [3.05, 3.63) is 57.1 Å². The number of hydrogen-bond acceptors (Lipinski definition) is 8. The number of esters is 1. The van der Waals surface area contributed by atoms with E-state index in [9.17, 15) is 19.7 Å². The lowest BCUT2D eigenvalue weighted by Gasteiger charge is -2.14. The molecule has 2 aromatic rings. The summed E-state index contributed by atoms with van der Waals surface area (Å²) in [6, 6.07) is 7.32. The van der Waals surface area contributed by atoms with Crippen LogP contribution in [0, 0.1) is 17.0 Å². The first-order valence-corrected chi connectivity index (χ1v) is 8.78. The molecule has 2 rings (SSSR count). The fourth-order valence-corrected chi connectivity index (χ4v) is 2.64. The van der Waals surface area contributed by atoms with Crippen molar-refractivity contribution < 1.29 is 33.5 Å². The van der Waals surface area contributed by atoms with Gasteiger partial charge < -0.3 is 24.3 Å². The second kappa shape index (κ2) is 10.1. The third-order valence-electron chi connectivity index (χ3n) is 4.19. The second-order valence-electron chi connectivity index (χ2n) is 6.14. The van der Waals surface area contributed by atoms with E-state index in [1.54, 1.807) is 19.1 Å². The zero-order valence-corrected chi connectivity index (χ0v) is 17.0. The minimum Gasteiger partial charge on any atom is -0.493 e. The zero-order chi connectivity index (χ0) is 22.3. The van der Waals surface area contributed by atoms with E-state index in [1.165, 1.54) is 33.5 Å². The van der Waals surface area contributed by atoms with Gasteiger partial charge in [-0.25, -0.2) is 4.79 Å². The van der Waals surface area contributed by atoms with E-state index in [0.717, 1.165) is 6.07 Å². The summed E-state index contributed by atoms with van der Waals surface area (Å²) >= 11 is 0. The number of carbonyl (C=O) groups excluding carboxylic acids is 2. The monoisotopic (exact) mass is 418 g/mol. The lowest BCUT2D eigenvalue weighted by atomic mass is 10.1. The number of nitro groups is 1. The van der Waals surface area contributed by atoms with E-state index in [2.05, 4.69) is 5.32 Å². The highest BCUT2D eigenvalue weighted by Crippen LogP contribution is 2.38. The number of nitro benzene ring substituents is 1. The molecule has 0 unspecified atom stereocenters. The smallest absolute Gasteiger partial charge is 0.338 e. The summed E-state index contributed by atoms with van der Waals surface area (Å²) < 4.78 is 20.7. The lowest BCUT2D eigenvalue weighted by molar-refractivity contribution is -0.385. The maximum Gasteiger partial charge on any atom is 0.338 e. The van der Waals surface area contributed by atoms with Crippen LogP contribution in [-0.2, 0) is 16.1 Å². The first-order valence-electron chi connectivity index (χ1n) is 8.78. The van der Waals surface area contributed by atoms with Crippen molar-refractivity contribution in [2.75, 3.05) is 27.9 Å². The fourth-order valence-electron chi connectivity index (χ4n) is 2.64. The molecule has 10 nitrogen and oxygen atoms in total. The molecule has 1 N–H and O–H groups in total. The van der Waals surface area contributed by atoms with Crippen LogP contribution in [0.5, 0.6) is 17.2 Å². The molecule has 0 fully saturated rings. The van der Waals surface area contributed by atoms with Crippen molar-refractivity contribution >= 4 is 17.6 Å². The van der Waals surface area contributed by atoms with Crippen molar-refractivity contribution in [1.29, 1.82) is 0 Å². The Bertz CT molecular complexity index is 933. The molecule has 0 saturated heterocycles. The lowest BCUT2D eigenvalue weighted by Crippen LogP contribution is -2.28. The topological polar surface area (TPSA) is 126 Å². The van der Waals surface area contributed by atoms with Gasteiger partial charge in [0.25, 0.3) is 11.6 Å². The van der Waals surface area contributed by atoms with E-state index in [-0.39, 0.29) is 17.8 Å². The first-order chi connectivity index (χ1) is 14.3. The van der Waals surface area contributed by atoms with Gasteiger partial charge in [-0.05, 0) is 30.7 Å². The molecule has 0 aliphatic heterocycles. The highest BCUT2D eigenvalue weighted by molar-refractivity contribution is 5.92. The first kappa shape index (κ1) is 22.5. The van der Waals surface area contributed by atoms with E-state index in [1.807, 2.05) is 0 Å². The van der Waals surface area contributed by atoms with Gasteiger partial charge in [-0.1, -0.05) is 6.07 Å². The molecule has 0 aliphatic carbocycles. The predicted octanol–water partition coefficient (Wildman–Crippen LogP) is 2.40. The Morgan fingerprint density at radius 2 is 1.67 bits per heavy atom. The number of rotatable bonds is 9. The molecule has 30 heavy (non-hydrogen) atoms. The standard InChI is InChI=1S/C20H22N2O8/c1-12-5-6-14(9-15(12)22(25)26)20(24)30-11-18(23)21-10-13-7-16(27-2)19(29-4)17(8-13)28-3/h5-9H,10-11H2,1-4H3,(H,21,23). The molecule has 0 bridgehead atoms. The zero-order valence-electron chi connectivity index (χ0n) is 17.0.